The summed E-state index contributed by atoms with van der Waals surface area (Å²) in [5.41, 5.74) is -0.0691. The molecule has 2 fully saturated rings. The van der Waals surface area contributed by atoms with Crippen LogP contribution in [0.25, 0.3) is 0 Å². The first-order valence-electron chi connectivity index (χ1n) is 8.14. The average Bonchev–Trinajstić information content (AvgIpc) is 2.94. The molecule has 3 atom stereocenters. The van der Waals surface area contributed by atoms with Crippen LogP contribution in [0.3, 0.4) is 0 Å². The number of nitro groups is 1. The molecule has 126 valence electrons. The summed E-state index contributed by atoms with van der Waals surface area (Å²) in [6, 6.07) is 0.356. The zero-order chi connectivity index (χ0) is 16.4. The minimum absolute atomic E-state index is 0.0691. The second-order valence-corrected chi connectivity index (χ2v) is 6.46. The molecule has 0 N–H and O–H groups in total. The van der Waals surface area contributed by atoms with Crippen LogP contribution in [0, 0.1) is 10.1 Å². The van der Waals surface area contributed by atoms with Gasteiger partial charge in [-0.05, 0) is 26.7 Å². The van der Waals surface area contributed by atoms with Crippen LogP contribution >= 0.6 is 0 Å². The highest BCUT2D eigenvalue weighted by atomic mass is 16.6. The number of nitrogens with zero attached hydrogens (tertiary/aromatic N) is 5. The van der Waals surface area contributed by atoms with E-state index in [0.717, 1.165) is 39.0 Å². The summed E-state index contributed by atoms with van der Waals surface area (Å²) >= 11 is 0. The van der Waals surface area contributed by atoms with E-state index in [1.807, 2.05) is 0 Å². The average molecular weight is 321 g/mol. The van der Waals surface area contributed by atoms with Gasteiger partial charge in [-0.15, -0.1) is 0 Å². The van der Waals surface area contributed by atoms with Crippen molar-refractivity contribution >= 4 is 11.6 Å². The third-order valence-electron chi connectivity index (χ3n) is 4.43. The van der Waals surface area contributed by atoms with Crippen molar-refractivity contribution in [2.45, 2.75) is 44.9 Å². The number of rotatable bonds is 4. The van der Waals surface area contributed by atoms with E-state index < -0.39 is 4.92 Å². The molecular weight excluding hydrogens is 298 g/mol. The lowest BCUT2D eigenvalue weighted by Gasteiger charge is -2.38. The third-order valence-corrected chi connectivity index (χ3v) is 4.43. The quantitative estimate of drug-likeness (QED) is 0.613. The smallest absolute Gasteiger partial charge is 0.305 e. The molecule has 0 saturated carbocycles. The number of aromatic nitrogens is 2. The fraction of sp³-hybridized carbons (Fsp3) is 0.733. The van der Waals surface area contributed by atoms with Gasteiger partial charge in [0, 0.05) is 32.2 Å². The van der Waals surface area contributed by atoms with Gasteiger partial charge in [0.2, 0.25) is 5.95 Å². The third kappa shape index (κ3) is 3.76. The lowest BCUT2D eigenvalue weighted by atomic mass is 10.1. The normalized spacial score (nSPS) is 29.0. The van der Waals surface area contributed by atoms with Crippen molar-refractivity contribution in [1.82, 2.24) is 14.9 Å². The van der Waals surface area contributed by atoms with E-state index in [9.17, 15) is 10.1 Å². The Morgan fingerprint density at radius 3 is 2.57 bits per heavy atom. The van der Waals surface area contributed by atoms with Crippen LogP contribution in [0.5, 0.6) is 0 Å². The number of anilines is 1. The van der Waals surface area contributed by atoms with Crippen LogP contribution in [-0.4, -0.2) is 64.2 Å². The molecule has 1 aromatic rings. The predicted molar refractivity (Wildman–Crippen MR) is 85.5 cm³/mol. The predicted octanol–water partition coefficient (Wildman–Crippen LogP) is 1.46. The summed E-state index contributed by atoms with van der Waals surface area (Å²) in [4.78, 5) is 23.2. The van der Waals surface area contributed by atoms with Crippen LogP contribution in [0.4, 0.5) is 11.6 Å². The Hall–Kier alpha value is -1.80. The SMILES string of the molecule is C[C@@H]1CN(C[C@H]2CCCN2c2ncc([N+](=O)[O-])cn2)C[C@H](C)O1. The van der Waals surface area contributed by atoms with Gasteiger partial charge < -0.3 is 9.64 Å². The van der Waals surface area contributed by atoms with Crippen molar-refractivity contribution in [1.29, 1.82) is 0 Å². The van der Waals surface area contributed by atoms with Crippen molar-refractivity contribution in [3.8, 4) is 0 Å². The standard InChI is InChI=1S/C15H23N5O3/c1-11-8-18(9-12(2)23-11)10-13-4-3-5-19(13)15-16-6-14(7-17-15)20(21)22/h6-7,11-13H,3-5,8-10H2,1-2H3/t11-,12+,13-/m1/s1. The molecule has 1 aromatic heterocycles. The maximum atomic E-state index is 10.7. The van der Waals surface area contributed by atoms with Crippen molar-refractivity contribution in [2.24, 2.45) is 0 Å². The van der Waals surface area contributed by atoms with E-state index in [-0.39, 0.29) is 17.9 Å². The highest BCUT2D eigenvalue weighted by Gasteiger charge is 2.31. The maximum absolute atomic E-state index is 10.7. The van der Waals surface area contributed by atoms with E-state index >= 15 is 0 Å². The lowest BCUT2D eigenvalue weighted by Crippen LogP contribution is -2.50. The molecule has 3 heterocycles. The fourth-order valence-electron chi connectivity index (χ4n) is 3.58. The van der Waals surface area contributed by atoms with Gasteiger partial charge >= 0.3 is 5.69 Å². The molecular formula is C15H23N5O3. The Kier molecular flexibility index (Phi) is 4.72. The van der Waals surface area contributed by atoms with E-state index in [0.29, 0.717) is 12.0 Å². The molecule has 0 unspecified atom stereocenters. The monoisotopic (exact) mass is 321 g/mol. The molecule has 0 spiro atoms. The molecule has 0 bridgehead atoms. The highest BCUT2D eigenvalue weighted by Crippen LogP contribution is 2.24. The van der Waals surface area contributed by atoms with Gasteiger partial charge in [-0.2, -0.15) is 0 Å². The molecule has 8 heteroatoms. The van der Waals surface area contributed by atoms with Crippen molar-refractivity contribution in [3.05, 3.63) is 22.5 Å². The zero-order valence-electron chi connectivity index (χ0n) is 13.6. The van der Waals surface area contributed by atoms with Crippen LogP contribution in [0.2, 0.25) is 0 Å². The lowest BCUT2D eigenvalue weighted by molar-refractivity contribution is -0.385. The second kappa shape index (κ2) is 6.76. The van der Waals surface area contributed by atoms with Crippen LogP contribution in [0.15, 0.2) is 12.4 Å². The molecule has 0 radical (unpaired) electrons. The molecule has 8 nitrogen and oxygen atoms in total. The largest absolute Gasteiger partial charge is 0.373 e. The zero-order valence-corrected chi connectivity index (χ0v) is 13.6. The highest BCUT2D eigenvalue weighted by molar-refractivity contribution is 5.36. The molecule has 2 saturated heterocycles. The van der Waals surface area contributed by atoms with Crippen molar-refractivity contribution < 1.29 is 9.66 Å². The van der Waals surface area contributed by atoms with Gasteiger partial charge in [0.05, 0.1) is 17.1 Å². The number of morpholine rings is 1. The van der Waals surface area contributed by atoms with Gasteiger partial charge in [-0.3, -0.25) is 15.0 Å². The van der Waals surface area contributed by atoms with E-state index in [4.69, 9.17) is 4.74 Å². The molecule has 0 amide bonds. The van der Waals surface area contributed by atoms with Crippen LogP contribution < -0.4 is 4.90 Å². The van der Waals surface area contributed by atoms with Gasteiger partial charge in [0.25, 0.3) is 0 Å². The number of hydrogen-bond donors (Lipinski definition) is 0. The Morgan fingerprint density at radius 1 is 1.30 bits per heavy atom. The van der Waals surface area contributed by atoms with E-state index in [1.54, 1.807) is 0 Å². The van der Waals surface area contributed by atoms with Crippen molar-refractivity contribution in [2.75, 3.05) is 31.1 Å². The second-order valence-electron chi connectivity index (χ2n) is 6.46. The summed E-state index contributed by atoms with van der Waals surface area (Å²) in [7, 11) is 0. The first kappa shape index (κ1) is 16.1. The van der Waals surface area contributed by atoms with Gasteiger partial charge in [-0.1, -0.05) is 0 Å². The van der Waals surface area contributed by atoms with Crippen molar-refractivity contribution in [3.63, 3.8) is 0 Å². The molecule has 3 rings (SSSR count). The summed E-state index contributed by atoms with van der Waals surface area (Å²) in [6.45, 7) is 7.95. The Morgan fingerprint density at radius 2 is 1.96 bits per heavy atom. The summed E-state index contributed by atoms with van der Waals surface area (Å²) in [5, 5.41) is 10.7. The number of hydrogen-bond acceptors (Lipinski definition) is 7. The Bertz CT molecular complexity index is 543. The molecule has 2 aliphatic rings. The fourth-order valence-corrected chi connectivity index (χ4v) is 3.58. The number of ether oxygens (including phenoxy) is 1. The summed E-state index contributed by atoms with van der Waals surface area (Å²) < 4.78 is 5.78. The van der Waals surface area contributed by atoms with E-state index in [2.05, 4.69) is 33.6 Å². The first-order valence-corrected chi connectivity index (χ1v) is 8.14. The topological polar surface area (TPSA) is 84.6 Å². The van der Waals surface area contributed by atoms with Crippen LogP contribution in [-0.2, 0) is 4.74 Å². The summed E-state index contributed by atoms with van der Waals surface area (Å²) in [5.74, 6) is 0.590. The molecule has 0 aliphatic carbocycles. The Balaban J connectivity index is 1.66. The minimum Gasteiger partial charge on any atom is -0.373 e. The molecule has 0 aromatic carbocycles. The summed E-state index contributed by atoms with van der Waals surface area (Å²) in [6.07, 6.45) is 5.28. The van der Waals surface area contributed by atoms with Gasteiger partial charge in [0.15, 0.2) is 0 Å². The van der Waals surface area contributed by atoms with E-state index in [1.165, 1.54) is 12.4 Å². The maximum Gasteiger partial charge on any atom is 0.305 e. The minimum atomic E-state index is -0.470. The molecule has 23 heavy (non-hydrogen) atoms. The first-order chi connectivity index (χ1) is 11.0. The van der Waals surface area contributed by atoms with Crippen LogP contribution in [0.1, 0.15) is 26.7 Å². The van der Waals surface area contributed by atoms with Gasteiger partial charge in [0.1, 0.15) is 12.4 Å². The molecule has 2 aliphatic heterocycles. The van der Waals surface area contributed by atoms with Gasteiger partial charge in [-0.25, -0.2) is 9.97 Å². The Labute approximate surface area is 135 Å².